The summed E-state index contributed by atoms with van der Waals surface area (Å²) in [4.78, 5) is 21.7. The van der Waals surface area contributed by atoms with Crippen LogP contribution in [0.15, 0.2) is 0 Å². The highest BCUT2D eigenvalue weighted by Crippen LogP contribution is 1.99. The van der Waals surface area contributed by atoms with Gasteiger partial charge >= 0.3 is 5.97 Å². The van der Waals surface area contributed by atoms with Crippen LogP contribution in [-0.2, 0) is 19.1 Å². The predicted molar refractivity (Wildman–Crippen MR) is 39.4 cm³/mol. The molecule has 1 N–H and O–H groups in total. The maximum atomic E-state index is 10.9. The molecule has 68 valence electrons. The molecule has 0 aromatic rings. The van der Waals surface area contributed by atoms with Gasteiger partial charge in [0.05, 0.1) is 20.3 Å². The van der Waals surface area contributed by atoms with Gasteiger partial charge in [0.25, 0.3) is 0 Å². The minimum atomic E-state index is -0.651. The smallest absolute Gasteiger partial charge is 0.336 e. The lowest BCUT2D eigenvalue weighted by molar-refractivity contribution is -0.153. The molecular weight excluding hydrogens is 162 g/mol. The lowest BCUT2D eigenvalue weighted by Crippen LogP contribution is -2.35. The van der Waals surface area contributed by atoms with Gasteiger partial charge in [0.2, 0.25) is 5.91 Å². The zero-order valence-corrected chi connectivity index (χ0v) is 6.83. The second-order valence-electron chi connectivity index (χ2n) is 2.44. The molecule has 1 heterocycles. The maximum absolute atomic E-state index is 10.9. The van der Waals surface area contributed by atoms with Crippen molar-refractivity contribution in [2.24, 2.45) is 0 Å². The van der Waals surface area contributed by atoms with E-state index in [0.717, 1.165) is 0 Å². The normalized spacial score (nSPS) is 24.1. The van der Waals surface area contributed by atoms with Gasteiger partial charge < -0.3 is 14.8 Å². The van der Waals surface area contributed by atoms with E-state index < -0.39 is 12.1 Å². The molecule has 0 radical (unpaired) electrons. The van der Waals surface area contributed by atoms with Crippen LogP contribution >= 0.6 is 0 Å². The first-order chi connectivity index (χ1) is 5.74. The summed E-state index contributed by atoms with van der Waals surface area (Å²) in [5.41, 5.74) is 0. The fraction of sp³-hybridized carbons (Fsp3) is 0.714. The molecule has 5 nitrogen and oxygen atoms in total. The lowest BCUT2D eigenvalue weighted by Gasteiger charge is -2.10. The second-order valence-corrected chi connectivity index (χ2v) is 2.44. The third-order valence-electron chi connectivity index (χ3n) is 1.60. The van der Waals surface area contributed by atoms with Crippen molar-refractivity contribution in [3.63, 3.8) is 0 Å². The van der Waals surface area contributed by atoms with Crippen LogP contribution in [0.1, 0.15) is 6.42 Å². The summed E-state index contributed by atoms with van der Waals surface area (Å²) in [6, 6.07) is 0. The minimum Gasteiger partial charge on any atom is -0.467 e. The molecule has 5 heteroatoms. The number of rotatable bonds is 1. The molecule has 1 aliphatic heterocycles. The van der Waals surface area contributed by atoms with Crippen LogP contribution in [0.2, 0.25) is 0 Å². The Morgan fingerprint density at radius 1 is 1.75 bits per heavy atom. The van der Waals surface area contributed by atoms with E-state index in [4.69, 9.17) is 4.74 Å². The Morgan fingerprint density at radius 2 is 2.50 bits per heavy atom. The third kappa shape index (κ3) is 2.20. The second kappa shape index (κ2) is 4.06. The molecule has 0 spiro atoms. The molecule has 1 atom stereocenters. The van der Waals surface area contributed by atoms with E-state index in [1.807, 2.05) is 0 Å². The van der Waals surface area contributed by atoms with Crippen LogP contribution in [-0.4, -0.2) is 38.2 Å². The highest BCUT2D eigenvalue weighted by molar-refractivity contribution is 5.79. The summed E-state index contributed by atoms with van der Waals surface area (Å²) in [7, 11) is 1.29. The molecule has 1 unspecified atom stereocenters. The molecule has 0 aromatic heterocycles. The first-order valence-electron chi connectivity index (χ1n) is 3.70. The van der Waals surface area contributed by atoms with Gasteiger partial charge in [-0.15, -0.1) is 0 Å². The maximum Gasteiger partial charge on any atom is 0.336 e. The van der Waals surface area contributed by atoms with Crippen LogP contribution in [0.25, 0.3) is 0 Å². The summed E-state index contributed by atoms with van der Waals surface area (Å²) < 4.78 is 9.53. The Balaban J connectivity index is 2.45. The number of amides is 1. The number of ether oxygens (including phenoxy) is 2. The van der Waals surface area contributed by atoms with Gasteiger partial charge in [0, 0.05) is 6.42 Å². The van der Waals surface area contributed by atoms with Gasteiger partial charge in [0.1, 0.15) is 0 Å². The van der Waals surface area contributed by atoms with Gasteiger partial charge in [-0.3, -0.25) is 4.79 Å². The van der Waals surface area contributed by atoms with Crippen LogP contribution in [0.3, 0.4) is 0 Å². The molecule has 0 aliphatic carbocycles. The van der Waals surface area contributed by atoms with Gasteiger partial charge in [-0.05, 0) is 0 Å². The van der Waals surface area contributed by atoms with Crippen LogP contribution in [0, 0.1) is 0 Å². The number of hydrogen-bond acceptors (Lipinski definition) is 4. The Morgan fingerprint density at radius 3 is 3.17 bits per heavy atom. The van der Waals surface area contributed by atoms with Gasteiger partial charge in [-0.1, -0.05) is 0 Å². The number of nitrogens with one attached hydrogen (secondary N) is 1. The third-order valence-corrected chi connectivity index (χ3v) is 1.60. The largest absolute Gasteiger partial charge is 0.467 e. The number of carbonyl (C=O) groups excluding carboxylic acids is 2. The quantitative estimate of drug-likeness (QED) is 0.520. The number of carbonyl (C=O) groups is 2. The summed E-state index contributed by atoms with van der Waals surface area (Å²) in [6.07, 6.45) is -0.352. The van der Waals surface area contributed by atoms with Crippen LogP contribution < -0.4 is 5.32 Å². The van der Waals surface area contributed by atoms with E-state index in [9.17, 15) is 9.59 Å². The molecule has 1 fully saturated rings. The van der Waals surface area contributed by atoms with Crippen molar-refractivity contribution in [1.29, 1.82) is 0 Å². The first-order valence-corrected chi connectivity index (χ1v) is 3.70. The number of methoxy groups -OCH3 is 1. The fourth-order valence-corrected chi connectivity index (χ4v) is 0.931. The molecule has 1 saturated heterocycles. The van der Waals surface area contributed by atoms with Crippen LogP contribution in [0.4, 0.5) is 0 Å². The van der Waals surface area contributed by atoms with Crippen molar-refractivity contribution in [2.75, 3.05) is 20.3 Å². The fourth-order valence-electron chi connectivity index (χ4n) is 0.931. The van der Waals surface area contributed by atoms with Crippen molar-refractivity contribution in [3.8, 4) is 0 Å². The van der Waals surface area contributed by atoms with Crippen LogP contribution in [0.5, 0.6) is 0 Å². The minimum absolute atomic E-state index is 0.0959. The van der Waals surface area contributed by atoms with Gasteiger partial charge in [-0.2, -0.15) is 0 Å². The highest BCUT2D eigenvalue weighted by atomic mass is 16.6. The zero-order valence-electron chi connectivity index (χ0n) is 6.83. The standard InChI is InChI=1S/C7H11NO4/c1-11-7(10)5-4-8-6(9)2-3-12-5/h5H,2-4H2,1H3,(H,8,9). The van der Waals surface area contributed by atoms with E-state index in [1.54, 1.807) is 0 Å². The molecule has 0 aromatic carbocycles. The molecule has 1 aliphatic rings. The Bertz CT molecular complexity index is 192. The van der Waals surface area contributed by atoms with Crippen molar-refractivity contribution in [2.45, 2.75) is 12.5 Å². The number of hydrogen-bond donors (Lipinski definition) is 1. The van der Waals surface area contributed by atoms with Crippen molar-refractivity contribution in [1.82, 2.24) is 5.32 Å². The van der Waals surface area contributed by atoms with Gasteiger partial charge in [-0.25, -0.2) is 4.79 Å². The van der Waals surface area contributed by atoms with E-state index in [0.29, 0.717) is 6.42 Å². The van der Waals surface area contributed by atoms with Crippen molar-refractivity contribution in [3.05, 3.63) is 0 Å². The monoisotopic (exact) mass is 173 g/mol. The zero-order chi connectivity index (χ0) is 8.97. The van der Waals surface area contributed by atoms with E-state index >= 15 is 0 Å². The summed E-state index contributed by atoms with van der Waals surface area (Å²) in [6.45, 7) is 0.469. The molecule has 0 saturated carbocycles. The summed E-state index contributed by atoms with van der Waals surface area (Å²) in [5.74, 6) is -0.543. The summed E-state index contributed by atoms with van der Waals surface area (Å²) in [5, 5.41) is 2.55. The molecule has 0 bridgehead atoms. The first kappa shape index (κ1) is 8.99. The Kier molecular flexibility index (Phi) is 3.04. The summed E-state index contributed by atoms with van der Waals surface area (Å²) >= 11 is 0. The molecule has 1 amide bonds. The predicted octanol–water partition coefficient (Wildman–Crippen LogP) is -0.935. The molecule has 1 rings (SSSR count). The average molecular weight is 173 g/mol. The molecular formula is C7H11NO4. The Labute approximate surface area is 70.0 Å². The van der Waals surface area contributed by atoms with Crippen molar-refractivity contribution >= 4 is 11.9 Å². The van der Waals surface area contributed by atoms with Gasteiger partial charge in [0.15, 0.2) is 6.10 Å². The Hall–Kier alpha value is -1.10. The molecule has 12 heavy (non-hydrogen) atoms. The van der Waals surface area contributed by atoms with Crippen molar-refractivity contribution < 1.29 is 19.1 Å². The van der Waals surface area contributed by atoms with E-state index in [2.05, 4.69) is 10.1 Å². The highest BCUT2D eigenvalue weighted by Gasteiger charge is 2.23. The van der Waals surface area contributed by atoms with E-state index in [-0.39, 0.29) is 19.1 Å². The lowest BCUT2D eigenvalue weighted by atomic mass is 10.3. The average Bonchev–Trinajstić information content (AvgIpc) is 2.29. The van der Waals surface area contributed by atoms with E-state index in [1.165, 1.54) is 7.11 Å². The number of esters is 1. The SMILES string of the molecule is COC(=O)C1CNC(=O)CCO1. The topological polar surface area (TPSA) is 64.6 Å².